The van der Waals surface area contributed by atoms with Crippen LogP contribution in [0.5, 0.6) is 5.75 Å². The SMILES string of the molecule is O=S(=O)(N[C@@H]1CCC[C@H](N2c3ccccc3Sc3ccccc32)[C@H]1O)c1ccc(OCF)cc1. The third-order valence-electron chi connectivity index (χ3n) is 6.28. The Bertz CT molecular complexity index is 1220. The first-order valence-corrected chi connectivity index (χ1v) is 13.4. The van der Waals surface area contributed by atoms with Gasteiger partial charge in [0.05, 0.1) is 34.5 Å². The van der Waals surface area contributed by atoms with Crippen molar-refractivity contribution in [3.05, 3.63) is 72.8 Å². The van der Waals surface area contributed by atoms with Gasteiger partial charge in [0.1, 0.15) is 5.75 Å². The Balaban J connectivity index is 1.42. The monoisotopic (exact) mass is 500 g/mol. The molecule has 1 aliphatic heterocycles. The predicted molar refractivity (Wildman–Crippen MR) is 130 cm³/mol. The van der Waals surface area contributed by atoms with Crippen molar-refractivity contribution < 1.29 is 22.7 Å². The number of sulfonamides is 1. The summed E-state index contributed by atoms with van der Waals surface area (Å²) in [4.78, 5) is 4.41. The Morgan fingerprint density at radius 2 is 1.59 bits per heavy atom. The van der Waals surface area contributed by atoms with Crippen LogP contribution in [0.3, 0.4) is 0 Å². The van der Waals surface area contributed by atoms with Gasteiger partial charge in [-0.05, 0) is 67.8 Å². The Hall–Kier alpha value is -2.59. The van der Waals surface area contributed by atoms with E-state index in [0.717, 1.165) is 34.0 Å². The van der Waals surface area contributed by atoms with E-state index in [9.17, 15) is 17.9 Å². The zero-order valence-electron chi connectivity index (χ0n) is 18.3. The lowest BCUT2D eigenvalue weighted by Crippen LogP contribution is -2.56. The number of benzene rings is 3. The summed E-state index contributed by atoms with van der Waals surface area (Å²) in [6, 6.07) is 20.8. The minimum Gasteiger partial charge on any atom is -0.463 e. The summed E-state index contributed by atoms with van der Waals surface area (Å²) < 4.78 is 45.9. The Morgan fingerprint density at radius 1 is 0.971 bits per heavy atom. The van der Waals surface area contributed by atoms with E-state index in [1.807, 2.05) is 36.4 Å². The molecule has 0 bridgehead atoms. The molecular weight excluding hydrogens is 475 g/mol. The Morgan fingerprint density at radius 3 is 2.21 bits per heavy atom. The van der Waals surface area contributed by atoms with Gasteiger partial charge in [0.2, 0.25) is 16.9 Å². The number of hydrogen-bond acceptors (Lipinski definition) is 6. The maximum Gasteiger partial charge on any atom is 0.240 e. The third-order valence-corrected chi connectivity index (χ3v) is 8.92. The fourth-order valence-corrected chi connectivity index (χ4v) is 7.06. The van der Waals surface area contributed by atoms with Gasteiger partial charge in [0, 0.05) is 9.79 Å². The van der Waals surface area contributed by atoms with Crippen LogP contribution in [0.2, 0.25) is 0 Å². The number of rotatable bonds is 6. The van der Waals surface area contributed by atoms with Gasteiger partial charge in [-0.2, -0.15) is 0 Å². The molecule has 0 unspecified atom stereocenters. The molecule has 9 heteroatoms. The molecule has 0 radical (unpaired) electrons. The fraction of sp³-hybridized carbons (Fsp3) is 0.280. The number of nitrogens with zero attached hydrogens (tertiary/aromatic N) is 1. The Labute approximate surface area is 202 Å². The molecule has 0 saturated heterocycles. The summed E-state index contributed by atoms with van der Waals surface area (Å²) in [5, 5.41) is 11.4. The van der Waals surface area contributed by atoms with Gasteiger partial charge >= 0.3 is 0 Å². The van der Waals surface area contributed by atoms with Crippen molar-refractivity contribution in [1.82, 2.24) is 4.72 Å². The molecule has 1 fully saturated rings. The standard InChI is InChI=1S/C25H25FN2O4S2/c26-16-32-17-12-14-18(15-13-17)34(30,31)27-19-6-5-9-22(25(19)29)28-20-7-1-3-10-23(20)33-24-11-4-2-8-21(24)28/h1-4,7-8,10-15,19,22,25,27,29H,5-6,9,16H2/t19-,22+,25+/m1/s1. The highest BCUT2D eigenvalue weighted by Gasteiger charge is 2.40. The zero-order chi connectivity index (χ0) is 23.7. The molecule has 0 spiro atoms. The number of para-hydroxylation sites is 2. The quantitative estimate of drug-likeness (QED) is 0.504. The second-order valence-corrected chi connectivity index (χ2v) is 11.1. The summed E-state index contributed by atoms with van der Waals surface area (Å²) in [5.41, 5.74) is 2.03. The number of hydrogen-bond donors (Lipinski definition) is 2. The molecule has 3 aromatic rings. The first kappa shape index (κ1) is 23.2. The van der Waals surface area contributed by atoms with Crippen LogP contribution in [0, 0.1) is 0 Å². The highest BCUT2D eigenvalue weighted by atomic mass is 32.2. The van der Waals surface area contributed by atoms with E-state index in [1.165, 1.54) is 24.3 Å². The van der Waals surface area contributed by atoms with Crippen LogP contribution < -0.4 is 14.4 Å². The molecule has 178 valence electrons. The number of halogens is 1. The largest absolute Gasteiger partial charge is 0.463 e. The van der Waals surface area contributed by atoms with E-state index in [4.69, 9.17) is 4.74 Å². The van der Waals surface area contributed by atoms with Crippen LogP contribution in [0.15, 0.2) is 87.5 Å². The number of anilines is 2. The van der Waals surface area contributed by atoms with Crippen LogP contribution in [-0.4, -0.2) is 38.6 Å². The second-order valence-electron chi connectivity index (χ2n) is 8.35. The smallest absolute Gasteiger partial charge is 0.240 e. The maximum atomic E-state index is 13.0. The van der Waals surface area contributed by atoms with E-state index in [1.54, 1.807) is 11.8 Å². The van der Waals surface area contributed by atoms with Crippen molar-refractivity contribution in [2.75, 3.05) is 11.8 Å². The first-order valence-electron chi connectivity index (χ1n) is 11.1. The lowest BCUT2D eigenvalue weighted by molar-refractivity contribution is 0.0809. The molecule has 1 saturated carbocycles. The molecular formula is C25H25FN2O4S2. The van der Waals surface area contributed by atoms with Crippen LogP contribution in [0.25, 0.3) is 0 Å². The number of aliphatic hydroxyl groups excluding tert-OH is 1. The van der Waals surface area contributed by atoms with Crippen molar-refractivity contribution in [2.45, 2.75) is 52.1 Å². The molecule has 5 rings (SSSR count). The number of aliphatic hydroxyl groups is 1. The highest BCUT2D eigenvalue weighted by molar-refractivity contribution is 7.99. The lowest BCUT2D eigenvalue weighted by atomic mass is 9.87. The zero-order valence-corrected chi connectivity index (χ0v) is 19.9. The highest BCUT2D eigenvalue weighted by Crippen LogP contribution is 2.50. The molecule has 0 amide bonds. The van der Waals surface area contributed by atoms with Gasteiger partial charge < -0.3 is 14.7 Å². The average molecular weight is 501 g/mol. The molecule has 3 aromatic carbocycles. The van der Waals surface area contributed by atoms with E-state index in [2.05, 4.69) is 21.8 Å². The second kappa shape index (κ2) is 9.58. The van der Waals surface area contributed by atoms with Crippen LogP contribution in [0.4, 0.5) is 15.8 Å². The van der Waals surface area contributed by atoms with Crippen LogP contribution in [-0.2, 0) is 10.0 Å². The van der Waals surface area contributed by atoms with Crippen molar-refractivity contribution in [3.63, 3.8) is 0 Å². The summed E-state index contributed by atoms with van der Waals surface area (Å²) in [6.07, 6.45) is 1.13. The average Bonchev–Trinajstić information content (AvgIpc) is 2.84. The Kier molecular flexibility index (Phi) is 6.52. The van der Waals surface area contributed by atoms with E-state index >= 15 is 0 Å². The minimum absolute atomic E-state index is 0.0399. The first-order chi connectivity index (χ1) is 16.5. The van der Waals surface area contributed by atoms with Gasteiger partial charge in [-0.3, -0.25) is 0 Å². The summed E-state index contributed by atoms with van der Waals surface area (Å²) in [7, 11) is -3.88. The molecule has 2 N–H and O–H groups in total. The van der Waals surface area contributed by atoms with Gasteiger partial charge in [-0.1, -0.05) is 36.0 Å². The van der Waals surface area contributed by atoms with Gasteiger partial charge in [-0.15, -0.1) is 0 Å². The number of alkyl halides is 1. The molecule has 1 aliphatic carbocycles. The fourth-order valence-electron chi connectivity index (χ4n) is 4.70. The van der Waals surface area contributed by atoms with Gasteiger partial charge in [-0.25, -0.2) is 17.5 Å². The normalized spacial score (nSPS) is 22.1. The molecule has 0 aromatic heterocycles. The minimum atomic E-state index is -3.88. The summed E-state index contributed by atoms with van der Waals surface area (Å²) in [5.74, 6) is 0.250. The number of nitrogens with one attached hydrogen (secondary N) is 1. The molecule has 1 heterocycles. The van der Waals surface area contributed by atoms with Crippen molar-refractivity contribution in [1.29, 1.82) is 0 Å². The maximum absolute atomic E-state index is 13.0. The van der Waals surface area contributed by atoms with Crippen molar-refractivity contribution in [3.8, 4) is 5.75 Å². The van der Waals surface area contributed by atoms with Crippen LogP contribution >= 0.6 is 11.8 Å². The topological polar surface area (TPSA) is 78.9 Å². The van der Waals surface area contributed by atoms with Crippen molar-refractivity contribution >= 4 is 33.2 Å². The molecule has 6 nitrogen and oxygen atoms in total. The molecule has 2 aliphatic rings. The van der Waals surface area contributed by atoms with Crippen LogP contribution in [0.1, 0.15) is 19.3 Å². The lowest BCUT2D eigenvalue weighted by Gasteiger charge is -2.45. The number of ether oxygens (including phenoxy) is 1. The molecule has 3 atom stereocenters. The predicted octanol–water partition coefficient (Wildman–Crippen LogP) is 4.86. The van der Waals surface area contributed by atoms with Gasteiger partial charge in [0.15, 0.2) is 0 Å². The summed E-state index contributed by atoms with van der Waals surface area (Å²) >= 11 is 1.70. The summed E-state index contributed by atoms with van der Waals surface area (Å²) in [6.45, 7) is -0.985. The molecule has 34 heavy (non-hydrogen) atoms. The third kappa shape index (κ3) is 4.40. The van der Waals surface area contributed by atoms with Gasteiger partial charge in [0.25, 0.3) is 0 Å². The number of fused-ring (bicyclic) bond motifs is 2. The van der Waals surface area contributed by atoms with E-state index < -0.39 is 29.0 Å². The van der Waals surface area contributed by atoms with E-state index in [0.29, 0.717) is 6.42 Å². The van der Waals surface area contributed by atoms with Crippen molar-refractivity contribution in [2.24, 2.45) is 0 Å². The van der Waals surface area contributed by atoms with E-state index in [-0.39, 0.29) is 16.7 Å².